The molecule has 0 saturated carbocycles. The van der Waals surface area contributed by atoms with Gasteiger partial charge in [0.05, 0.1) is 0 Å². The summed E-state index contributed by atoms with van der Waals surface area (Å²) in [7, 11) is 0. The van der Waals surface area contributed by atoms with Gasteiger partial charge in [-0.3, -0.25) is 9.88 Å². The number of benzene rings is 1. The lowest BCUT2D eigenvalue weighted by Gasteiger charge is -2.39. The summed E-state index contributed by atoms with van der Waals surface area (Å²) in [4.78, 5) is 8.98. The van der Waals surface area contributed by atoms with Crippen molar-refractivity contribution in [1.82, 2.24) is 9.88 Å². The van der Waals surface area contributed by atoms with Gasteiger partial charge < -0.3 is 4.90 Å². The quantitative estimate of drug-likeness (QED) is 0.864. The standard InChI is InChI=1S/C17H20FN3/c1-14(15-3-2-8-19-13-15)20-9-11-21(12-10-20)17-6-4-16(18)5-7-17/h2-8,13-14H,9-12H2,1H3. The van der Waals surface area contributed by atoms with Gasteiger partial charge in [-0.1, -0.05) is 6.07 Å². The molecular formula is C17H20FN3. The summed E-state index contributed by atoms with van der Waals surface area (Å²) in [6.45, 7) is 6.18. The van der Waals surface area contributed by atoms with E-state index in [0.29, 0.717) is 6.04 Å². The van der Waals surface area contributed by atoms with E-state index in [1.165, 1.54) is 17.7 Å². The molecule has 0 spiro atoms. The maximum absolute atomic E-state index is 13.0. The Morgan fingerprint density at radius 2 is 1.76 bits per heavy atom. The molecule has 1 saturated heterocycles. The van der Waals surface area contributed by atoms with Gasteiger partial charge in [0.25, 0.3) is 0 Å². The molecule has 0 N–H and O–H groups in total. The molecule has 2 heterocycles. The van der Waals surface area contributed by atoms with Crippen LogP contribution in [0.1, 0.15) is 18.5 Å². The normalized spacial score (nSPS) is 17.7. The molecular weight excluding hydrogens is 265 g/mol. The smallest absolute Gasteiger partial charge is 0.123 e. The average Bonchev–Trinajstić information content (AvgIpc) is 2.56. The number of anilines is 1. The second kappa shape index (κ2) is 6.22. The summed E-state index contributed by atoms with van der Waals surface area (Å²) in [6, 6.07) is 11.3. The molecule has 3 nitrogen and oxygen atoms in total. The van der Waals surface area contributed by atoms with E-state index in [-0.39, 0.29) is 5.82 Å². The van der Waals surface area contributed by atoms with Crippen LogP contribution >= 0.6 is 0 Å². The number of hydrogen-bond donors (Lipinski definition) is 0. The molecule has 1 fully saturated rings. The Balaban J connectivity index is 1.61. The van der Waals surface area contributed by atoms with Gasteiger partial charge in [0.15, 0.2) is 0 Å². The number of pyridine rings is 1. The first-order chi connectivity index (χ1) is 10.2. The SMILES string of the molecule is CC(c1cccnc1)N1CCN(c2ccc(F)cc2)CC1. The molecule has 110 valence electrons. The van der Waals surface area contributed by atoms with Crippen molar-refractivity contribution in [1.29, 1.82) is 0 Å². The first-order valence-electron chi connectivity index (χ1n) is 7.38. The summed E-state index contributed by atoms with van der Waals surface area (Å²) in [5, 5.41) is 0. The molecule has 0 radical (unpaired) electrons. The molecule has 1 unspecified atom stereocenters. The third kappa shape index (κ3) is 3.22. The van der Waals surface area contributed by atoms with E-state index in [2.05, 4.69) is 27.8 Å². The van der Waals surface area contributed by atoms with Crippen LogP contribution in [-0.2, 0) is 0 Å². The van der Waals surface area contributed by atoms with E-state index < -0.39 is 0 Å². The molecule has 1 atom stereocenters. The molecule has 1 aromatic carbocycles. The highest BCUT2D eigenvalue weighted by Gasteiger charge is 2.22. The molecule has 4 heteroatoms. The summed E-state index contributed by atoms with van der Waals surface area (Å²) >= 11 is 0. The Morgan fingerprint density at radius 3 is 2.38 bits per heavy atom. The van der Waals surface area contributed by atoms with Gasteiger partial charge in [-0.15, -0.1) is 0 Å². The van der Waals surface area contributed by atoms with Crippen molar-refractivity contribution in [3.8, 4) is 0 Å². The van der Waals surface area contributed by atoms with Crippen molar-refractivity contribution in [3.05, 3.63) is 60.2 Å². The zero-order valence-electron chi connectivity index (χ0n) is 12.2. The largest absolute Gasteiger partial charge is 0.369 e. The van der Waals surface area contributed by atoms with E-state index in [1.54, 1.807) is 0 Å². The van der Waals surface area contributed by atoms with Gasteiger partial charge >= 0.3 is 0 Å². The first kappa shape index (κ1) is 14.0. The van der Waals surface area contributed by atoms with Crippen molar-refractivity contribution < 1.29 is 4.39 Å². The fourth-order valence-electron chi connectivity index (χ4n) is 2.85. The number of piperazine rings is 1. The van der Waals surface area contributed by atoms with Crippen molar-refractivity contribution >= 4 is 5.69 Å². The average molecular weight is 285 g/mol. The summed E-state index contributed by atoms with van der Waals surface area (Å²) in [5.74, 6) is -0.178. The van der Waals surface area contributed by atoms with E-state index in [1.807, 2.05) is 30.6 Å². The Kier molecular flexibility index (Phi) is 4.15. The number of rotatable bonds is 3. The summed E-state index contributed by atoms with van der Waals surface area (Å²) < 4.78 is 13.0. The molecule has 0 aliphatic carbocycles. The van der Waals surface area contributed by atoms with E-state index in [9.17, 15) is 4.39 Å². The van der Waals surface area contributed by atoms with Crippen LogP contribution in [0.5, 0.6) is 0 Å². The first-order valence-corrected chi connectivity index (χ1v) is 7.38. The van der Waals surface area contributed by atoms with Crippen molar-refractivity contribution in [2.45, 2.75) is 13.0 Å². The fourth-order valence-corrected chi connectivity index (χ4v) is 2.85. The third-order valence-corrected chi connectivity index (χ3v) is 4.22. The van der Waals surface area contributed by atoms with Crippen LogP contribution < -0.4 is 4.90 Å². The molecule has 0 amide bonds. The lowest BCUT2D eigenvalue weighted by atomic mass is 10.1. The summed E-state index contributed by atoms with van der Waals surface area (Å²) in [6.07, 6.45) is 3.75. The molecule has 1 aromatic heterocycles. The maximum Gasteiger partial charge on any atom is 0.123 e. The van der Waals surface area contributed by atoms with Crippen LogP contribution in [0.25, 0.3) is 0 Å². The second-order valence-electron chi connectivity index (χ2n) is 5.46. The minimum absolute atomic E-state index is 0.178. The van der Waals surface area contributed by atoms with Crippen molar-refractivity contribution in [2.24, 2.45) is 0 Å². The molecule has 0 bridgehead atoms. The molecule has 3 rings (SSSR count). The highest BCUT2D eigenvalue weighted by atomic mass is 19.1. The molecule has 21 heavy (non-hydrogen) atoms. The molecule has 1 aliphatic rings. The van der Waals surface area contributed by atoms with Gasteiger partial charge in [-0.2, -0.15) is 0 Å². The lowest BCUT2D eigenvalue weighted by Crippen LogP contribution is -2.47. The molecule has 1 aliphatic heterocycles. The predicted octanol–water partition coefficient (Wildman–Crippen LogP) is 3.10. The van der Waals surface area contributed by atoms with Crippen LogP contribution in [-0.4, -0.2) is 36.1 Å². The number of halogens is 1. The summed E-state index contributed by atoms with van der Waals surface area (Å²) in [5.41, 5.74) is 2.36. The van der Waals surface area contributed by atoms with Gasteiger partial charge in [-0.05, 0) is 42.8 Å². The number of hydrogen-bond acceptors (Lipinski definition) is 3. The maximum atomic E-state index is 13.0. The zero-order valence-corrected chi connectivity index (χ0v) is 12.2. The van der Waals surface area contributed by atoms with Crippen LogP contribution in [0, 0.1) is 5.82 Å². The highest BCUT2D eigenvalue weighted by molar-refractivity contribution is 5.46. The third-order valence-electron chi connectivity index (χ3n) is 4.22. The Hall–Kier alpha value is -1.94. The minimum Gasteiger partial charge on any atom is -0.369 e. The van der Waals surface area contributed by atoms with Gasteiger partial charge in [0.2, 0.25) is 0 Å². The predicted molar refractivity (Wildman–Crippen MR) is 82.8 cm³/mol. The minimum atomic E-state index is -0.178. The van der Waals surface area contributed by atoms with E-state index >= 15 is 0 Å². The molecule has 2 aromatic rings. The van der Waals surface area contributed by atoms with Crippen LogP contribution in [0.15, 0.2) is 48.8 Å². The Bertz CT molecular complexity index is 562. The fraction of sp³-hybridized carbons (Fsp3) is 0.353. The van der Waals surface area contributed by atoms with Crippen LogP contribution in [0.4, 0.5) is 10.1 Å². The van der Waals surface area contributed by atoms with Crippen molar-refractivity contribution in [3.63, 3.8) is 0 Å². The van der Waals surface area contributed by atoms with Crippen molar-refractivity contribution in [2.75, 3.05) is 31.1 Å². The highest BCUT2D eigenvalue weighted by Crippen LogP contribution is 2.23. The lowest BCUT2D eigenvalue weighted by molar-refractivity contribution is 0.198. The number of aromatic nitrogens is 1. The Morgan fingerprint density at radius 1 is 1.05 bits per heavy atom. The number of nitrogens with zero attached hydrogens (tertiary/aromatic N) is 3. The van der Waals surface area contributed by atoms with Crippen LogP contribution in [0.2, 0.25) is 0 Å². The Labute approximate surface area is 125 Å². The van der Waals surface area contributed by atoms with E-state index in [0.717, 1.165) is 31.9 Å². The monoisotopic (exact) mass is 285 g/mol. The van der Waals surface area contributed by atoms with Gasteiger partial charge in [-0.25, -0.2) is 4.39 Å². The van der Waals surface area contributed by atoms with Gasteiger partial charge in [0.1, 0.15) is 5.82 Å². The van der Waals surface area contributed by atoms with E-state index in [4.69, 9.17) is 0 Å². The second-order valence-corrected chi connectivity index (χ2v) is 5.46. The van der Waals surface area contributed by atoms with Crippen LogP contribution in [0.3, 0.4) is 0 Å². The zero-order chi connectivity index (χ0) is 14.7. The van der Waals surface area contributed by atoms with Gasteiger partial charge in [0, 0.05) is 50.3 Å². The topological polar surface area (TPSA) is 19.4 Å².